The summed E-state index contributed by atoms with van der Waals surface area (Å²) in [6.45, 7) is 4.63. The van der Waals surface area contributed by atoms with Crippen LogP contribution in [-0.4, -0.2) is 53.8 Å². The van der Waals surface area contributed by atoms with E-state index >= 15 is 0 Å². The first-order valence-electron chi connectivity index (χ1n) is 12.1. The van der Waals surface area contributed by atoms with Gasteiger partial charge in [0.1, 0.15) is 10.9 Å². The monoisotopic (exact) mass is 517 g/mol. The van der Waals surface area contributed by atoms with Crippen molar-refractivity contribution in [3.8, 4) is 11.5 Å². The topological polar surface area (TPSA) is 150 Å². The average Bonchev–Trinajstić information content (AvgIpc) is 3.51. The molecular formula is C25H35N5O5S. The Labute approximate surface area is 215 Å². The lowest BCUT2D eigenvalue weighted by Gasteiger charge is -2.36. The molecule has 10 nitrogen and oxygen atoms in total. The molecule has 1 aliphatic rings. The lowest BCUT2D eigenvalue weighted by atomic mass is 9.99. The van der Waals surface area contributed by atoms with Crippen LogP contribution in [-0.2, 0) is 4.79 Å². The van der Waals surface area contributed by atoms with Gasteiger partial charge in [0.2, 0.25) is 5.91 Å². The average molecular weight is 518 g/mol. The summed E-state index contributed by atoms with van der Waals surface area (Å²) in [5, 5.41) is 3.00. The zero-order valence-electron chi connectivity index (χ0n) is 21.2. The van der Waals surface area contributed by atoms with Crippen molar-refractivity contribution in [2.24, 2.45) is 11.7 Å². The Morgan fingerprint density at radius 2 is 1.83 bits per heavy atom. The van der Waals surface area contributed by atoms with Crippen LogP contribution in [0.2, 0.25) is 0 Å². The van der Waals surface area contributed by atoms with E-state index in [1.807, 2.05) is 0 Å². The molecule has 1 fully saturated rings. The summed E-state index contributed by atoms with van der Waals surface area (Å²) in [7, 11) is 3.05. The smallest absolute Gasteiger partial charge is 0.270 e. The number of benzene rings is 1. The Morgan fingerprint density at radius 1 is 1.17 bits per heavy atom. The Morgan fingerprint density at radius 3 is 2.39 bits per heavy atom. The number of nitrogens with two attached hydrogens (primary N) is 2. The van der Waals surface area contributed by atoms with E-state index < -0.39 is 17.9 Å². The van der Waals surface area contributed by atoms with Gasteiger partial charge in [-0.2, -0.15) is 4.37 Å². The Balaban J connectivity index is 2.11. The summed E-state index contributed by atoms with van der Waals surface area (Å²) < 4.78 is 14.8. The number of primary amides is 1. The van der Waals surface area contributed by atoms with Gasteiger partial charge in [0.15, 0.2) is 17.2 Å². The number of nitrogens with zero attached hydrogens (tertiary/aromatic N) is 2. The molecule has 1 aromatic heterocycles. The van der Waals surface area contributed by atoms with Crippen LogP contribution in [0, 0.1) is 5.92 Å². The highest BCUT2D eigenvalue weighted by atomic mass is 32.1. The number of aromatic nitrogens is 1. The van der Waals surface area contributed by atoms with Gasteiger partial charge in [-0.1, -0.05) is 32.8 Å². The summed E-state index contributed by atoms with van der Waals surface area (Å²) in [5.41, 5.74) is 11.9. The van der Waals surface area contributed by atoms with Crippen molar-refractivity contribution in [2.75, 3.05) is 26.5 Å². The molecule has 196 valence electrons. The minimum absolute atomic E-state index is 0.0632. The quantitative estimate of drug-likeness (QED) is 0.414. The fraction of sp³-hybridized carbons (Fsp3) is 0.520. The molecule has 3 rings (SSSR count). The first kappa shape index (κ1) is 27.3. The predicted molar refractivity (Wildman–Crippen MR) is 138 cm³/mol. The number of rotatable bonds is 11. The molecule has 1 aromatic carbocycles. The summed E-state index contributed by atoms with van der Waals surface area (Å²) >= 11 is 0.816. The normalized spacial score (nSPS) is 14.5. The van der Waals surface area contributed by atoms with Crippen molar-refractivity contribution in [3.63, 3.8) is 0 Å². The zero-order valence-corrected chi connectivity index (χ0v) is 22.0. The molecule has 0 saturated heterocycles. The van der Waals surface area contributed by atoms with E-state index in [1.54, 1.807) is 23.1 Å². The van der Waals surface area contributed by atoms with Crippen molar-refractivity contribution in [1.29, 1.82) is 0 Å². The molecule has 1 atom stereocenters. The van der Waals surface area contributed by atoms with Crippen molar-refractivity contribution in [3.05, 3.63) is 34.3 Å². The molecule has 11 heteroatoms. The van der Waals surface area contributed by atoms with Crippen LogP contribution in [0.1, 0.15) is 77.7 Å². The molecule has 1 aliphatic carbocycles. The standard InChI is InChI=1S/C25H35N5O5S/c1-14(2)11-12-28-24(32)21(15-9-10-17(34-3)18(13-15)35-4)30(16-7-5-6-8-16)25(33)22-19(26)20(23(27)31)29-36-22/h9-10,13-14,16,21H,5-8,11-12,26H2,1-4H3,(H2,27,31)(H,28,32)/t21-/m1/s1. The van der Waals surface area contributed by atoms with Crippen molar-refractivity contribution in [1.82, 2.24) is 14.6 Å². The first-order valence-corrected chi connectivity index (χ1v) is 12.8. The number of anilines is 1. The Bertz CT molecular complexity index is 1100. The van der Waals surface area contributed by atoms with E-state index in [0.717, 1.165) is 43.6 Å². The molecule has 0 spiro atoms. The number of carbonyl (C=O) groups excluding carboxylic acids is 3. The van der Waals surface area contributed by atoms with Gasteiger partial charge in [-0.05, 0) is 54.4 Å². The molecule has 1 saturated carbocycles. The number of ether oxygens (including phenoxy) is 2. The molecule has 1 heterocycles. The van der Waals surface area contributed by atoms with Crippen LogP contribution in [0.25, 0.3) is 0 Å². The molecule has 3 amide bonds. The SMILES string of the molecule is COc1ccc([C@H](C(=O)NCCC(C)C)N(C(=O)c2snc(C(N)=O)c2N)C2CCCC2)cc1OC. The molecule has 2 aromatic rings. The molecule has 0 bridgehead atoms. The molecular weight excluding hydrogens is 482 g/mol. The summed E-state index contributed by atoms with van der Waals surface area (Å²) in [6, 6.07) is 4.04. The van der Waals surface area contributed by atoms with Gasteiger partial charge >= 0.3 is 0 Å². The molecule has 36 heavy (non-hydrogen) atoms. The highest BCUT2D eigenvalue weighted by molar-refractivity contribution is 7.09. The minimum Gasteiger partial charge on any atom is -0.493 e. The van der Waals surface area contributed by atoms with Crippen molar-refractivity contribution in [2.45, 2.75) is 58.0 Å². The third kappa shape index (κ3) is 5.89. The van der Waals surface area contributed by atoms with E-state index in [4.69, 9.17) is 20.9 Å². The van der Waals surface area contributed by atoms with E-state index in [-0.39, 0.29) is 28.2 Å². The summed E-state index contributed by atoms with van der Waals surface area (Å²) in [6.07, 6.45) is 4.16. The van der Waals surface area contributed by atoms with Crippen LogP contribution in [0.4, 0.5) is 5.69 Å². The van der Waals surface area contributed by atoms with Crippen LogP contribution in [0.15, 0.2) is 18.2 Å². The van der Waals surface area contributed by atoms with E-state index in [2.05, 4.69) is 23.5 Å². The fourth-order valence-corrected chi connectivity index (χ4v) is 5.21. The summed E-state index contributed by atoms with van der Waals surface area (Å²) in [4.78, 5) is 41.1. The second kappa shape index (κ2) is 12.1. The second-order valence-electron chi connectivity index (χ2n) is 9.28. The van der Waals surface area contributed by atoms with Crippen LogP contribution < -0.4 is 26.3 Å². The highest BCUT2D eigenvalue weighted by Crippen LogP contribution is 2.38. The third-order valence-electron chi connectivity index (χ3n) is 6.38. The van der Waals surface area contributed by atoms with Gasteiger partial charge in [-0.15, -0.1) is 0 Å². The number of nitrogen functional groups attached to an aromatic ring is 1. The van der Waals surface area contributed by atoms with E-state index in [0.29, 0.717) is 29.5 Å². The van der Waals surface area contributed by atoms with Gasteiger partial charge in [-0.3, -0.25) is 14.4 Å². The Hall–Kier alpha value is -3.34. The fourth-order valence-electron chi connectivity index (χ4n) is 4.46. The lowest BCUT2D eigenvalue weighted by molar-refractivity contribution is -0.126. The van der Waals surface area contributed by atoms with Crippen molar-refractivity contribution >= 4 is 34.9 Å². The van der Waals surface area contributed by atoms with Crippen LogP contribution >= 0.6 is 11.5 Å². The maximum atomic E-state index is 14.0. The minimum atomic E-state index is -0.953. The maximum absolute atomic E-state index is 14.0. The van der Waals surface area contributed by atoms with E-state index in [1.165, 1.54) is 14.2 Å². The summed E-state index contributed by atoms with van der Waals surface area (Å²) in [5.74, 6) is -0.205. The van der Waals surface area contributed by atoms with Gasteiger partial charge < -0.3 is 31.2 Å². The van der Waals surface area contributed by atoms with E-state index in [9.17, 15) is 14.4 Å². The second-order valence-corrected chi connectivity index (χ2v) is 10.1. The lowest BCUT2D eigenvalue weighted by Crippen LogP contribution is -2.48. The van der Waals surface area contributed by atoms with Crippen molar-refractivity contribution < 1.29 is 23.9 Å². The zero-order chi connectivity index (χ0) is 26.4. The molecule has 0 radical (unpaired) electrons. The predicted octanol–water partition coefficient (Wildman–Crippen LogP) is 3.13. The number of hydrogen-bond donors (Lipinski definition) is 3. The third-order valence-corrected chi connectivity index (χ3v) is 7.23. The number of methoxy groups -OCH3 is 2. The molecule has 0 unspecified atom stereocenters. The molecule has 5 N–H and O–H groups in total. The molecule has 0 aliphatic heterocycles. The number of nitrogens with one attached hydrogen (secondary N) is 1. The largest absolute Gasteiger partial charge is 0.493 e. The number of amides is 3. The van der Waals surface area contributed by atoms with Crippen LogP contribution in [0.3, 0.4) is 0 Å². The van der Waals surface area contributed by atoms with Gasteiger partial charge in [0, 0.05) is 12.6 Å². The Kier molecular flexibility index (Phi) is 9.14. The van der Waals surface area contributed by atoms with Crippen LogP contribution in [0.5, 0.6) is 11.5 Å². The van der Waals surface area contributed by atoms with Gasteiger partial charge in [0.25, 0.3) is 11.8 Å². The maximum Gasteiger partial charge on any atom is 0.270 e. The van der Waals surface area contributed by atoms with Gasteiger partial charge in [-0.25, -0.2) is 0 Å². The van der Waals surface area contributed by atoms with Gasteiger partial charge in [0.05, 0.1) is 19.9 Å². The number of carbonyl (C=O) groups is 3. The number of hydrogen-bond acceptors (Lipinski definition) is 8. The highest BCUT2D eigenvalue weighted by Gasteiger charge is 2.40. The first-order chi connectivity index (χ1) is 17.2.